The number of nitro groups is 1. The van der Waals surface area contributed by atoms with Gasteiger partial charge in [0.15, 0.2) is 6.10 Å². The minimum Gasteiger partial charge on any atom is -0.449 e. The predicted molar refractivity (Wildman–Crippen MR) is 112 cm³/mol. The molecular formula is C21H31N3O6. The highest BCUT2D eigenvalue weighted by Gasteiger charge is 2.30. The van der Waals surface area contributed by atoms with Crippen LogP contribution in [0.25, 0.3) is 0 Å². The zero-order valence-corrected chi connectivity index (χ0v) is 18.0. The molecule has 0 spiro atoms. The summed E-state index contributed by atoms with van der Waals surface area (Å²) >= 11 is 0. The molecule has 1 aliphatic rings. The number of nitrogens with one attached hydrogen (secondary N) is 2. The van der Waals surface area contributed by atoms with E-state index in [1.807, 2.05) is 0 Å². The third-order valence-electron chi connectivity index (χ3n) is 5.74. The van der Waals surface area contributed by atoms with Gasteiger partial charge in [0.1, 0.15) is 0 Å². The number of amides is 1. The van der Waals surface area contributed by atoms with E-state index in [9.17, 15) is 19.7 Å². The molecule has 2 rings (SSSR count). The van der Waals surface area contributed by atoms with Crippen molar-refractivity contribution in [3.05, 3.63) is 33.9 Å². The van der Waals surface area contributed by atoms with E-state index in [-0.39, 0.29) is 23.2 Å². The molecule has 9 heteroatoms. The maximum atomic E-state index is 12.7. The maximum Gasteiger partial charge on any atom is 0.341 e. The first-order chi connectivity index (χ1) is 14.2. The summed E-state index contributed by atoms with van der Waals surface area (Å²) in [5, 5.41) is 17.1. The van der Waals surface area contributed by atoms with Crippen molar-refractivity contribution in [2.45, 2.75) is 52.2 Å². The van der Waals surface area contributed by atoms with Gasteiger partial charge in [-0.05, 0) is 31.2 Å². The molecule has 4 atom stereocenters. The highest BCUT2D eigenvalue weighted by molar-refractivity contribution is 5.98. The van der Waals surface area contributed by atoms with E-state index < -0.39 is 17.0 Å². The second kappa shape index (κ2) is 10.9. The Labute approximate surface area is 176 Å². The Morgan fingerprint density at radius 3 is 2.70 bits per heavy atom. The maximum absolute atomic E-state index is 12.7. The van der Waals surface area contributed by atoms with E-state index in [4.69, 9.17) is 9.47 Å². The van der Waals surface area contributed by atoms with Crippen molar-refractivity contribution < 1.29 is 24.0 Å². The van der Waals surface area contributed by atoms with E-state index in [0.29, 0.717) is 30.7 Å². The lowest BCUT2D eigenvalue weighted by atomic mass is 9.78. The highest BCUT2D eigenvalue weighted by Crippen LogP contribution is 2.29. The molecule has 9 nitrogen and oxygen atoms in total. The Hall–Kier alpha value is -2.68. The number of hydrogen-bond donors (Lipinski definition) is 2. The number of rotatable bonds is 9. The van der Waals surface area contributed by atoms with Crippen LogP contribution < -0.4 is 10.6 Å². The summed E-state index contributed by atoms with van der Waals surface area (Å²) in [6.45, 7) is 6.59. The summed E-state index contributed by atoms with van der Waals surface area (Å²) in [5.74, 6) is -0.300. The number of carbonyl (C=O) groups is 2. The van der Waals surface area contributed by atoms with Crippen LogP contribution in [0.1, 0.15) is 50.4 Å². The molecule has 1 aromatic rings. The third-order valence-corrected chi connectivity index (χ3v) is 5.74. The first-order valence-corrected chi connectivity index (χ1v) is 10.3. The van der Waals surface area contributed by atoms with Gasteiger partial charge in [-0.3, -0.25) is 14.9 Å². The van der Waals surface area contributed by atoms with E-state index in [1.54, 1.807) is 7.11 Å². The molecule has 0 aliphatic heterocycles. The van der Waals surface area contributed by atoms with Gasteiger partial charge in [-0.1, -0.05) is 26.7 Å². The average molecular weight is 421 g/mol. The molecular weight excluding hydrogens is 390 g/mol. The van der Waals surface area contributed by atoms with Gasteiger partial charge < -0.3 is 20.1 Å². The van der Waals surface area contributed by atoms with Gasteiger partial charge in [0.05, 0.1) is 17.1 Å². The molecule has 1 aromatic carbocycles. The number of nitro benzene ring substituents is 1. The smallest absolute Gasteiger partial charge is 0.341 e. The zero-order chi connectivity index (χ0) is 22.3. The summed E-state index contributed by atoms with van der Waals surface area (Å²) in [5.41, 5.74) is 0.144. The number of benzene rings is 1. The van der Waals surface area contributed by atoms with Crippen LogP contribution in [0.2, 0.25) is 0 Å². The van der Waals surface area contributed by atoms with Crippen molar-refractivity contribution >= 4 is 23.3 Å². The quantitative estimate of drug-likeness (QED) is 0.272. The molecule has 0 saturated heterocycles. The standard InChI is InChI=1S/C21H31N3O6/c1-13-6-5-7-18(14(13)2)23-20(25)15(3)30-21(26)17-12-16(24(27)28)8-9-19(17)22-10-11-29-4/h8-9,12-15,18,22H,5-7,10-11H2,1-4H3,(H,23,25)/t13-,14-,15-,18-/m1/s1. The molecule has 2 N–H and O–H groups in total. The number of non-ortho nitro benzene ring substituents is 1. The Kier molecular flexibility index (Phi) is 8.58. The molecule has 0 aromatic heterocycles. The summed E-state index contributed by atoms with van der Waals surface area (Å²) in [7, 11) is 1.54. The molecule has 166 valence electrons. The molecule has 1 amide bonds. The van der Waals surface area contributed by atoms with Gasteiger partial charge in [0.2, 0.25) is 0 Å². The molecule has 0 heterocycles. The Morgan fingerprint density at radius 1 is 1.30 bits per heavy atom. The van der Waals surface area contributed by atoms with Gasteiger partial charge in [-0.15, -0.1) is 0 Å². The highest BCUT2D eigenvalue weighted by atomic mass is 16.6. The number of esters is 1. The lowest BCUT2D eigenvalue weighted by molar-refractivity contribution is -0.384. The van der Waals surface area contributed by atoms with Crippen LogP contribution >= 0.6 is 0 Å². The second-order valence-corrected chi connectivity index (χ2v) is 7.84. The average Bonchev–Trinajstić information content (AvgIpc) is 2.71. The van der Waals surface area contributed by atoms with Crippen molar-refractivity contribution in [2.75, 3.05) is 25.6 Å². The SMILES string of the molecule is COCCNc1ccc([N+](=O)[O-])cc1C(=O)O[C@H](C)C(=O)N[C@@H]1CCC[C@@H](C)[C@H]1C. The number of carbonyl (C=O) groups excluding carboxylic acids is 2. The Balaban J connectivity index is 2.08. The Bertz CT molecular complexity index is 769. The van der Waals surface area contributed by atoms with E-state index >= 15 is 0 Å². The third kappa shape index (κ3) is 6.16. The monoisotopic (exact) mass is 421 g/mol. The molecule has 0 radical (unpaired) electrons. The number of ether oxygens (including phenoxy) is 2. The zero-order valence-electron chi connectivity index (χ0n) is 18.0. The van der Waals surface area contributed by atoms with E-state index in [0.717, 1.165) is 25.3 Å². The normalized spacial score (nSPS) is 22.1. The van der Waals surface area contributed by atoms with Crippen LogP contribution in [0, 0.1) is 22.0 Å². The van der Waals surface area contributed by atoms with Crippen molar-refractivity contribution in [1.29, 1.82) is 0 Å². The molecule has 0 bridgehead atoms. The van der Waals surface area contributed by atoms with Crippen molar-refractivity contribution in [1.82, 2.24) is 5.32 Å². The predicted octanol–water partition coefficient (Wildman–Crippen LogP) is 3.14. The minimum absolute atomic E-state index is 0.000361. The van der Waals surface area contributed by atoms with Crippen LogP contribution in [0.3, 0.4) is 0 Å². The van der Waals surface area contributed by atoms with Crippen LogP contribution in [-0.2, 0) is 14.3 Å². The minimum atomic E-state index is -1.02. The van der Waals surface area contributed by atoms with Crippen LogP contribution in [0.15, 0.2) is 18.2 Å². The van der Waals surface area contributed by atoms with Crippen LogP contribution in [0.4, 0.5) is 11.4 Å². The largest absolute Gasteiger partial charge is 0.449 e. The van der Waals surface area contributed by atoms with Gasteiger partial charge >= 0.3 is 5.97 Å². The molecule has 1 saturated carbocycles. The van der Waals surface area contributed by atoms with E-state index in [2.05, 4.69) is 24.5 Å². The van der Waals surface area contributed by atoms with Gasteiger partial charge in [-0.25, -0.2) is 4.79 Å². The second-order valence-electron chi connectivity index (χ2n) is 7.84. The molecule has 1 aliphatic carbocycles. The topological polar surface area (TPSA) is 120 Å². The fourth-order valence-corrected chi connectivity index (χ4v) is 3.62. The first-order valence-electron chi connectivity index (χ1n) is 10.3. The first kappa shape index (κ1) is 23.6. The lowest BCUT2D eigenvalue weighted by Gasteiger charge is -2.35. The number of anilines is 1. The number of nitrogens with zero attached hydrogens (tertiary/aromatic N) is 1. The van der Waals surface area contributed by atoms with Crippen molar-refractivity contribution in [3.63, 3.8) is 0 Å². The molecule has 0 unspecified atom stereocenters. The fraction of sp³-hybridized carbons (Fsp3) is 0.619. The van der Waals surface area contributed by atoms with Gasteiger partial charge in [0.25, 0.3) is 11.6 Å². The lowest BCUT2D eigenvalue weighted by Crippen LogP contribution is -2.47. The number of methoxy groups -OCH3 is 1. The summed E-state index contributed by atoms with van der Waals surface area (Å²) < 4.78 is 10.3. The fourth-order valence-electron chi connectivity index (χ4n) is 3.62. The van der Waals surface area contributed by atoms with Crippen molar-refractivity contribution in [2.24, 2.45) is 11.8 Å². The Morgan fingerprint density at radius 2 is 2.03 bits per heavy atom. The number of hydrogen-bond acceptors (Lipinski definition) is 7. The van der Waals surface area contributed by atoms with Crippen LogP contribution in [-0.4, -0.2) is 49.2 Å². The summed E-state index contributed by atoms with van der Waals surface area (Å²) in [4.78, 5) is 35.8. The molecule has 30 heavy (non-hydrogen) atoms. The van der Waals surface area contributed by atoms with Gasteiger partial charge in [-0.2, -0.15) is 0 Å². The summed E-state index contributed by atoms with van der Waals surface area (Å²) in [6.07, 6.45) is 2.07. The van der Waals surface area contributed by atoms with Crippen molar-refractivity contribution in [3.8, 4) is 0 Å². The van der Waals surface area contributed by atoms with Crippen LogP contribution in [0.5, 0.6) is 0 Å². The van der Waals surface area contributed by atoms with E-state index in [1.165, 1.54) is 19.1 Å². The summed E-state index contributed by atoms with van der Waals surface area (Å²) in [6, 6.07) is 3.94. The van der Waals surface area contributed by atoms with Gasteiger partial charge in [0, 0.05) is 37.5 Å². The molecule has 1 fully saturated rings.